The number of hydrogen-bond donors (Lipinski definition) is 0. The Morgan fingerprint density at radius 2 is 0.843 bits per heavy atom. The number of ether oxygens (including phenoxy) is 2. The van der Waals surface area contributed by atoms with Crippen LogP contribution in [0.2, 0.25) is 0 Å². The lowest BCUT2D eigenvalue weighted by Gasteiger charge is -2.22. The minimum Gasteiger partial charge on any atom is -0.456 e. The molecule has 11 rings (SSSR count). The lowest BCUT2D eigenvalue weighted by molar-refractivity contribution is 0.360. The fraction of sp³-hybridized carbons (Fsp3) is 0. The van der Waals surface area contributed by atoms with Crippen molar-refractivity contribution in [1.29, 1.82) is 0 Å². The smallest absolute Gasteiger partial charge is 0.181 e. The van der Waals surface area contributed by atoms with Gasteiger partial charge in [-0.05, 0) is 86.9 Å². The third-order valence-corrected chi connectivity index (χ3v) is 9.77. The number of aromatic nitrogens is 3. The van der Waals surface area contributed by atoms with Crippen molar-refractivity contribution >= 4 is 54.3 Å². The SMILES string of the molecule is c1ccc2c(c1)Oc1cccc(-c3nc(-c4ccc5oc6ccccc6c5c4)nc(-c4ccc5c6ccccc6c6ccccc6c5c4)n3)c1O2. The molecule has 0 N–H and O–H groups in total. The zero-order valence-electron chi connectivity index (χ0n) is 27.0. The predicted octanol–water partition coefficient (Wildman–Crippen LogP) is 12.1. The van der Waals surface area contributed by atoms with E-state index in [1.54, 1.807) is 0 Å². The van der Waals surface area contributed by atoms with Gasteiger partial charge in [0.1, 0.15) is 11.2 Å². The number of hydrogen-bond acceptors (Lipinski definition) is 6. The van der Waals surface area contributed by atoms with Gasteiger partial charge in [0.25, 0.3) is 0 Å². The molecular formula is C45H25N3O3. The van der Waals surface area contributed by atoms with Gasteiger partial charge in [0.2, 0.25) is 0 Å². The molecule has 0 bridgehead atoms. The van der Waals surface area contributed by atoms with Gasteiger partial charge in [-0.2, -0.15) is 0 Å². The maximum absolute atomic E-state index is 6.46. The molecule has 0 amide bonds. The molecule has 6 heteroatoms. The van der Waals surface area contributed by atoms with Crippen LogP contribution in [0.25, 0.3) is 88.4 Å². The Bertz CT molecular complexity index is 3020. The summed E-state index contributed by atoms with van der Waals surface area (Å²) in [6, 6.07) is 51.2. The summed E-state index contributed by atoms with van der Waals surface area (Å²) in [6.07, 6.45) is 0. The summed E-state index contributed by atoms with van der Waals surface area (Å²) in [5.41, 5.74) is 4.09. The minimum atomic E-state index is 0.482. The van der Waals surface area contributed by atoms with Crippen LogP contribution in [0.5, 0.6) is 23.0 Å². The first-order chi connectivity index (χ1) is 25.2. The fourth-order valence-electron chi connectivity index (χ4n) is 7.39. The van der Waals surface area contributed by atoms with Crippen molar-refractivity contribution in [2.75, 3.05) is 0 Å². The van der Waals surface area contributed by atoms with Gasteiger partial charge < -0.3 is 13.9 Å². The topological polar surface area (TPSA) is 70.3 Å². The van der Waals surface area contributed by atoms with Crippen molar-refractivity contribution < 1.29 is 13.9 Å². The van der Waals surface area contributed by atoms with Gasteiger partial charge in [-0.15, -0.1) is 0 Å². The first kappa shape index (κ1) is 27.9. The molecule has 1 aliphatic heterocycles. The van der Waals surface area contributed by atoms with Crippen molar-refractivity contribution in [3.63, 3.8) is 0 Å². The van der Waals surface area contributed by atoms with Crippen LogP contribution in [0.4, 0.5) is 0 Å². The number of rotatable bonds is 3. The Labute approximate surface area is 291 Å². The summed E-state index contributed by atoms with van der Waals surface area (Å²) in [5.74, 6) is 4.04. The van der Waals surface area contributed by atoms with Crippen LogP contribution in [0.3, 0.4) is 0 Å². The van der Waals surface area contributed by atoms with Gasteiger partial charge in [0.15, 0.2) is 40.5 Å². The Kier molecular flexibility index (Phi) is 5.86. The van der Waals surface area contributed by atoms with Crippen LogP contribution < -0.4 is 9.47 Å². The van der Waals surface area contributed by atoms with Crippen LogP contribution in [-0.4, -0.2) is 15.0 Å². The Balaban J connectivity index is 1.15. The Hall–Kier alpha value is -7.05. The zero-order chi connectivity index (χ0) is 33.5. The average Bonchev–Trinajstić information content (AvgIpc) is 3.57. The van der Waals surface area contributed by atoms with Crippen LogP contribution in [0.1, 0.15) is 0 Å². The highest BCUT2D eigenvalue weighted by molar-refractivity contribution is 6.25. The van der Waals surface area contributed by atoms with Crippen molar-refractivity contribution in [3.05, 3.63) is 152 Å². The number of fused-ring (bicyclic) bond motifs is 11. The van der Waals surface area contributed by atoms with Crippen molar-refractivity contribution in [2.24, 2.45) is 0 Å². The molecule has 0 atom stereocenters. The quantitative estimate of drug-likeness (QED) is 0.176. The summed E-state index contributed by atoms with van der Waals surface area (Å²) in [4.78, 5) is 15.4. The second-order valence-corrected chi connectivity index (χ2v) is 12.8. The van der Waals surface area contributed by atoms with Gasteiger partial charge in [-0.1, -0.05) is 97.1 Å². The molecule has 238 valence electrons. The third-order valence-electron chi connectivity index (χ3n) is 9.77. The van der Waals surface area contributed by atoms with Crippen LogP contribution >= 0.6 is 0 Å². The van der Waals surface area contributed by atoms with Gasteiger partial charge in [-0.3, -0.25) is 0 Å². The molecular weight excluding hydrogens is 631 g/mol. The average molecular weight is 656 g/mol. The van der Waals surface area contributed by atoms with E-state index in [-0.39, 0.29) is 0 Å². The monoisotopic (exact) mass is 655 g/mol. The second kappa shape index (κ2) is 10.7. The van der Waals surface area contributed by atoms with E-state index in [2.05, 4.69) is 78.9 Å². The molecule has 0 aliphatic carbocycles. The van der Waals surface area contributed by atoms with Crippen LogP contribution in [-0.2, 0) is 0 Å². The van der Waals surface area contributed by atoms with Crippen LogP contribution in [0, 0.1) is 0 Å². The number of benzene rings is 8. The van der Waals surface area contributed by atoms with Gasteiger partial charge in [0, 0.05) is 21.9 Å². The summed E-state index contributed by atoms with van der Waals surface area (Å²) in [6.45, 7) is 0. The van der Waals surface area contributed by atoms with Gasteiger partial charge in [0.05, 0.1) is 5.56 Å². The highest BCUT2D eigenvalue weighted by Crippen LogP contribution is 2.49. The molecule has 0 spiro atoms. The molecule has 6 nitrogen and oxygen atoms in total. The lowest BCUT2D eigenvalue weighted by Crippen LogP contribution is -2.04. The molecule has 0 radical (unpaired) electrons. The first-order valence-corrected chi connectivity index (χ1v) is 16.8. The molecule has 0 unspecified atom stereocenters. The standard InChI is InChI=1S/C45H25N3O3/c1-2-12-30-28(10-1)29-11-3-4-13-31(29)35-24-26(20-22-32(30)35)43-46-44(27-21-23-38-36(25-27)33-14-5-6-16-37(33)49-38)48-45(47-43)34-15-9-19-41-42(34)51-40-18-8-7-17-39(40)50-41/h1-25H. The van der Waals surface area contributed by atoms with Crippen molar-refractivity contribution in [1.82, 2.24) is 15.0 Å². The van der Waals surface area contributed by atoms with E-state index in [0.29, 0.717) is 46.0 Å². The molecule has 8 aromatic carbocycles. The lowest BCUT2D eigenvalue weighted by atomic mass is 9.93. The van der Waals surface area contributed by atoms with E-state index in [4.69, 9.17) is 28.8 Å². The van der Waals surface area contributed by atoms with Crippen LogP contribution in [0.15, 0.2) is 156 Å². The van der Waals surface area contributed by atoms with Crippen molar-refractivity contribution in [3.8, 4) is 57.2 Å². The third kappa shape index (κ3) is 4.33. The highest BCUT2D eigenvalue weighted by atomic mass is 16.6. The molecule has 0 saturated carbocycles. The zero-order valence-corrected chi connectivity index (χ0v) is 27.0. The first-order valence-electron chi connectivity index (χ1n) is 16.8. The maximum atomic E-state index is 6.46. The van der Waals surface area contributed by atoms with Gasteiger partial charge >= 0.3 is 0 Å². The largest absolute Gasteiger partial charge is 0.456 e. The number of nitrogens with zero attached hydrogens (tertiary/aromatic N) is 3. The summed E-state index contributed by atoms with van der Waals surface area (Å²) in [7, 11) is 0. The van der Waals surface area contributed by atoms with E-state index in [1.807, 2.05) is 72.8 Å². The van der Waals surface area contributed by atoms with E-state index in [9.17, 15) is 0 Å². The van der Waals surface area contributed by atoms with E-state index in [1.165, 1.54) is 26.9 Å². The molecule has 1 aliphatic rings. The van der Waals surface area contributed by atoms with E-state index < -0.39 is 0 Å². The Morgan fingerprint density at radius 3 is 1.57 bits per heavy atom. The number of para-hydroxylation sites is 4. The molecule has 51 heavy (non-hydrogen) atoms. The molecule has 0 fully saturated rings. The van der Waals surface area contributed by atoms with Crippen molar-refractivity contribution in [2.45, 2.75) is 0 Å². The minimum absolute atomic E-state index is 0.482. The summed E-state index contributed by atoms with van der Waals surface area (Å²) >= 11 is 0. The summed E-state index contributed by atoms with van der Waals surface area (Å²) in [5, 5.41) is 9.20. The van der Waals surface area contributed by atoms with E-state index >= 15 is 0 Å². The highest BCUT2D eigenvalue weighted by Gasteiger charge is 2.25. The normalized spacial score (nSPS) is 12.2. The Morgan fingerprint density at radius 1 is 0.333 bits per heavy atom. The molecule has 3 heterocycles. The van der Waals surface area contributed by atoms with Gasteiger partial charge in [-0.25, -0.2) is 15.0 Å². The molecule has 0 saturated heterocycles. The molecule has 2 aromatic heterocycles. The van der Waals surface area contributed by atoms with E-state index in [0.717, 1.165) is 38.5 Å². The number of furan rings is 1. The second-order valence-electron chi connectivity index (χ2n) is 12.8. The fourth-order valence-corrected chi connectivity index (χ4v) is 7.39. The molecule has 10 aromatic rings. The predicted molar refractivity (Wildman–Crippen MR) is 203 cm³/mol. The summed E-state index contributed by atoms with van der Waals surface area (Å²) < 4.78 is 18.9. The maximum Gasteiger partial charge on any atom is 0.181 e.